The standard InChI is InChI=1S/C24H20BrN3O5/c1-31-20-9-7-14(21(24(29)30)22(20)32-2)23-28-18(15-11-13(25)6-8-19(15)33-23)12-17(27-28)16-5-3-4-10-26-16/h3-11,18,23H,12H2,1-2H3,(H,29,30)/t18-,23-/m1/s1. The Kier molecular flexibility index (Phi) is 5.41. The van der Waals surface area contributed by atoms with E-state index in [-0.39, 0.29) is 17.4 Å². The third-order valence-corrected chi connectivity index (χ3v) is 6.26. The quantitative estimate of drug-likeness (QED) is 0.527. The smallest absolute Gasteiger partial charge is 0.340 e. The molecule has 33 heavy (non-hydrogen) atoms. The number of rotatable bonds is 5. The molecule has 3 heterocycles. The number of pyridine rings is 1. The molecule has 0 fully saturated rings. The van der Waals surface area contributed by atoms with Crippen LogP contribution in [0, 0.1) is 0 Å². The molecule has 1 aromatic heterocycles. The Morgan fingerprint density at radius 2 is 2.00 bits per heavy atom. The minimum atomic E-state index is -1.14. The van der Waals surface area contributed by atoms with Crippen molar-refractivity contribution in [2.24, 2.45) is 5.10 Å². The molecule has 8 nitrogen and oxygen atoms in total. The van der Waals surface area contributed by atoms with Crippen molar-refractivity contribution in [2.45, 2.75) is 18.7 Å². The lowest BCUT2D eigenvalue weighted by atomic mass is 9.96. The number of halogens is 1. The van der Waals surface area contributed by atoms with E-state index in [1.54, 1.807) is 18.3 Å². The molecular formula is C24H20BrN3O5. The van der Waals surface area contributed by atoms with E-state index in [2.05, 4.69) is 20.9 Å². The van der Waals surface area contributed by atoms with Gasteiger partial charge in [-0.05, 0) is 42.5 Å². The number of aromatic carboxylic acids is 1. The van der Waals surface area contributed by atoms with Crippen molar-refractivity contribution in [2.75, 3.05) is 14.2 Å². The number of benzene rings is 2. The molecule has 2 aromatic carbocycles. The van der Waals surface area contributed by atoms with Gasteiger partial charge in [0, 0.05) is 28.2 Å². The first-order valence-electron chi connectivity index (χ1n) is 10.2. The second kappa shape index (κ2) is 8.40. The number of nitrogens with zero attached hydrogens (tertiary/aromatic N) is 3. The number of hydrazone groups is 1. The number of aromatic nitrogens is 1. The van der Waals surface area contributed by atoms with Crippen LogP contribution in [0.2, 0.25) is 0 Å². The van der Waals surface area contributed by atoms with E-state index in [1.807, 2.05) is 41.4 Å². The van der Waals surface area contributed by atoms with E-state index in [4.69, 9.17) is 19.3 Å². The Morgan fingerprint density at radius 3 is 2.70 bits per heavy atom. The van der Waals surface area contributed by atoms with Crippen LogP contribution in [0.15, 0.2) is 64.3 Å². The summed E-state index contributed by atoms with van der Waals surface area (Å²) in [5.74, 6) is -0.00418. The van der Waals surface area contributed by atoms with Crippen LogP contribution >= 0.6 is 15.9 Å². The van der Waals surface area contributed by atoms with Crippen LogP contribution in [0.4, 0.5) is 0 Å². The van der Waals surface area contributed by atoms with E-state index in [0.717, 1.165) is 21.4 Å². The minimum absolute atomic E-state index is 0.0253. The third-order valence-electron chi connectivity index (χ3n) is 5.77. The lowest BCUT2D eigenvalue weighted by Gasteiger charge is -2.38. The largest absolute Gasteiger partial charge is 0.493 e. The van der Waals surface area contributed by atoms with Crippen molar-refractivity contribution in [1.82, 2.24) is 9.99 Å². The third kappa shape index (κ3) is 3.58. The van der Waals surface area contributed by atoms with Gasteiger partial charge in [-0.25, -0.2) is 9.80 Å². The van der Waals surface area contributed by atoms with Gasteiger partial charge < -0.3 is 19.3 Å². The molecule has 2 aliphatic rings. The number of hydrogen-bond acceptors (Lipinski definition) is 7. The summed E-state index contributed by atoms with van der Waals surface area (Å²) in [7, 11) is 2.88. The maximum absolute atomic E-state index is 12.3. The Morgan fingerprint density at radius 1 is 1.15 bits per heavy atom. The summed E-state index contributed by atoms with van der Waals surface area (Å²) in [5, 5.41) is 16.7. The fourth-order valence-corrected chi connectivity index (χ4v) is 4.70. The number of carbonyl (C=O) groups is 1. The number of methoxy groups -OCH3 is 2. The van der Waals surface area contributed by atoms with E-state index >= 15 is 0 Å². The molecule has 1 N–H and O–H groups in total. The monoisotopic (exact) mass is 509 g/mol. The molecule has 2 atom stereocenters. The summed E-state index contributed by atoms with van der Waals surface area (Å²) >= 11 is 3.54. The molecule has 0 saturated heterocycles. The van der Waals surface area contributed by atoms with Crippen molar-refractivity contribution >= 4 is 27.6 Å². The van der Waals surface area contributed by atoms with Gasteiger partial charge in [-0.15, -0.1) is 0 Å². The number of carboxylic acid groups (broad SMARTS) is 1. The van der Waals surface area contributed by atoms with Gasteiger partial charge in [0.1, 0.15) is 11.3 Å². The highest BCUT2D eigenvalue weighted by Gasteiger charge is 2.43. The Bertz CT molecular complexity index is 1260. The van der Waals surface area contributed by atoms with Crippen molar-refractivity contribution in [3.05, 3.63) is 81.6 Å². The zero-order valence-electron chi connectivity index (χ0n) is 17.9. The van der Waals surface area contributed by atoms with Gasteiger partial charge in [-0.3, -0.25) is 4.98 Å². The van der Waals surface area contributed by atoms with E-state index < -0.39 is 12.2 Å². The molecular weight excluding hydrogens is 490 g/mol. The van der Waals surface area contributed by atoms with E-state index in [0.29, 0.717) is 23.5 Å². The summed E-state index contributed by atoms with van der Waals surface area (Å²) < 4.78 is 18.0. The number of carboxylic acids is 1. The van der Waals surface area contributed by atoms with Gasteiger partial charge in [0.25, 0.3) is 0 Å². The highest BCUT2D eigenvalue weighted by Crippen LogP contribution is 2.50. The molecule has 2 aliphatic heterocycles. The summed E-state index contributed by atoms with van der Waals surface area (Å²) in [6.07, 6.45) is 1.55. The molecule has 0 saturated carbocycles. The average Bonchev–Trinajstić information content (AvgIpc) is 3.29. The molecule has 5 rings (SSSR count). The van der Waals surface area contributed by atoms with Crippen molar-refractivity contribution < 1.29 is 24.1 Å². The Hall–Kier alpha value is -3.59. The SMILES string of the molecule is COc1ccc([C@H]2Oc3ccc(Br)cc3[C@H]3CC(c4ccccn4)=NN32)c(C(=O)O)c1OC. The lowest BCUT2D eigenvalue weighted by Crippen LogP contribution is -2.34. The maximum atomic E-state index is 12.3. The highest BCUT2D eigenvalue weighted by molar-refractivity contribution is 9.10. The van der Waals surface area contributed by atoms with Crippen LogP contribution in [0.3, 0.4) is 0 Å². The van der Waals surface area contributed by atoms with Crippen molar-refractivity contribution in [1.29, 1.82) is 0 Å². The van der Waals surface area contributed by atoms with Crippen LogP contribution in [-0.2, 0) is 0 Å². The van der Waals surface area contributed by atoms with Crippen LogP contribution in [-0.4, -0.2) is 41.0 Å². The molecule has 0 amide bonds. The minimum Gasteiger partial charge on any atom is -0.493 e. The second-order valence-corrected chi connectivity index (χ2v) is 8.50. The van der Waals surface area contributed by atoms with Crippen LogP contribution in [0.25, 0.3) is 0 Å². The molecule has 0 spiro atoms. The van der Waals surface area contributed by atoms with E-state index in [9.17, 15) is 9.90 Å². The zero-order chi connectivity index (χ0) is 23.1. The molecule has 3 aromatic rings. The van der Waals surface area contributed by atoms with Gasteiger partial charge in [0.2, 0.25) is 6.23 Å². The van der Waals surface area contributed by atoms with Crippen LogP contribution in [0.5, 0.6) is 17.2 Å². The number of ether oxygens (including phenoxy) is 3. The normalized spacial score (nSPS) is 18.6. The molecule has 0 aliphatic carbocycles. The first-order chi connectivity index (χ1) is 16.0. The molecule has 168 valence electrons. The predicted octanol–water partition coefficient (Wildman–Crippen LogP) is 4.80. The maximum Gasteiger partial charge on any atom is 0.340 e. The van der Waals surface area contributed by atoms with E-state index in [1.165, 1.54) is 14.2 Å². The topological polar surface area (TPSA) is 93.5 Å². The number of fused-ring (bicyclic) bond motifs is 3. The summed E-state index contributed by atoms with van der Waals surface area (Å²) in [6.45, 7) is 0. The van der Waals surface area contributed by atoms with Crippen LogP contribution in [0.1, 0.15) is 45.9 Å². The predicted molar refractivity (Wildman–Crippen MR) is 124 cm³/mol. The average molecular weight is 510 g/mol. The lowest BCUT2D eigenvalue weighted by molar-refractivity contribution is -0.0199. The second-order valence-electron chi connectivity index (χ2n) is 7.58. The van der Waals surface area contributed by atoms with Gasteiger partial charge in [0.05, 0.1) is 31.7 Å². The summed E-state index contributed by atoms with van der Waals surface area (Å²) in [4.78, 5) is 16.8. The Balaban J connectivity index is 1.68. The summed E-state index contributed by atoms with van der Waals surface area (Å²) in [5.41, 5.74) is 2.94. The fraction of sp³-hybridized carbons (Fsp3) is 0.208. The first kappa shape index (κ1) is 21.3. The highest BCUT2D eigenvalue weighted by atomic mass is 79.9. The molecule has 9 heteroatoms. The van der Waals surface area contributed by atoms with Gasteiger partial charge in [-0.1, -0.05) is 22.0 Å². The first-order valence-corrected chi connectivity index (χ1v) is 11.0. The van der Waals surface area contributed by atoms with Gasteiger partial charge in [0.15, 0.2) is 11.5 Å². The van der Waals surface area contributed by atoms with Crippen molar-refractivity contribution in [3.8, 4) is 17.2 Å². The van der Waals surface area contributed by atoms with Crippen LogP contribution < -0.4 is 14.2 Å². The Labute approximate surface area is 198 Å². The van der Waals surface area contributed by atoms with Gasteiger partial charge in [-0.2, -0.15) is 5.10 Å². The van der Waals surface area contributed by atoms with Gasteiger partial charge >= 0.3 is 5.97 Å². The summed E-state index contributed by atoms with van der Waals surface area (Å²) in [6, 6.07) is 14.7. The number of hydrogen-bond donors (Lipinski definition) is 1. The fourth-order valence-electron chi connectivity index (χ4n) is 4.32. The van der Waals surface area contributed by atoms with Crippen molar-refractivity contribution in [3.63, 3.8) is 0 Å². The molecule has 0 unspecified atom stereocenters. The zero-order valence-corrected chi connectivity index (χ0v) is 19.4. The molecule has 0 bridgehead atoms. The molecule has 0 radical (unpaired) electrons.